The Morgan fingerprint density at radius 2 is 2.21 bits per heavy atom. The molecule has 0 aliphatic carbocycles. The molecule has 0 bridgehead atoms. The molecule has 2 heterocycles. The van der Waals surface area contributed by atoms with Crippen molar-refractivity contribution in [3.63, 3.8) is 0 Å². The highest BCUT2D eigenvalue weighted by Gasteiger charge is 2.17. The van der Waals surface area contributed by atoms with Gasteiger partial charge in [-0.05, 0) is 37.4 Å². The van der Waals surface area contributed by atoms with E-state index < -0.39 is 0 Å². The first kappa shape index (κ1) is 12.9. The van der Waals surface area contributed by atoms with E-state index in [4.69, 9.17) is 11.6 Å². The summed E-state index contributed by atoms with van der Waals surface area (Å²) in [6, 6.07) is 10.3. The Kier molecular flexibility index (Phi) is 3.72. The number of halogens is 1. The number of para-hydroxylation sites is 1. The van der Waals surface area contributed by atoms with Crippen molar-refractivity contribution in [3.05, 3.63) is 41.0 Å². The fourth-order valence-electron chi connectivity index (χ4n) is 2.92. The van der Waals surface area contributed by atoms with Crippen LogP contribution in [0.3, 0.4) is 0 Å². The van der Waals surface area contributed by atoms with E-state index in [1.54, 1.807) is 0 Å². The Morgan fingerprint density at radius 1 is 1.37 bits per heavy atom. The second kappa shape index (κ2) is 5.48. The van der Waals surface area contributed by atoms with Crippen LogP contribution in [0.4, 0.5) is 0 Å². The second-order valence-corrected chi connectivity index (χ2v) is 5.97. The van der Waals surface area contributed by atoms with E-state index in [0.717, 1.165) is 23.5 Å². The van der Waals surface area contributed by atoms with Gasteiger partial charge in [-0.3, -0.25) is 4.90 Å². The zero-order valence-corrected chi connectivity index (χ0v) is 12.0. The van der Waals surface area contributed by atoms with Gasteiger partial charge in [0, 0.05) is 24.0 Å². The molecular formula is C16H19ClN2. The first-order valence-corrected chi connectivity index (χ1v) is 7.36. The summed E-state index contributed by atoms with van der Waals surface area (Å²) in [6.07, 6.45) is 2.64. The molecule has 1 aliphatic heterocycles. The molecule has 1 unspecified atom stereocenters. The number of piperidine rings is 1. The van der Waals surface area contributed by atoms with Gasteiger partial charge in [0.1, 0.15) is 5.15 Å². The summed E-state index contributed by atoms with van der Waals surface area (Å²) in [7, 11) is 0. The molecule has 0 N–H and O–H groups in total. The molecule has 2 aromatic rings. The molecule has 1 aromatic carbocycles. The number of benzene rings is 1. The van der Waals surface area contributed by atoms with E-state index in [2.05, 4.69) is 28.9 Å². The monoisotopic (exact) mass is 274 g/mol. The minimum absolute atomic E-state index is 0.650. The zero-order chi connectivity index (χ0) is 13.2. The van der Waals surface area contributed by atoms with Gasteiger partial charge < -0.3 is 0 Å². The van der Waals surface area contributed by atoms with Crippen LogP contribution in [0.25, 0.3) is 10.9 Å². The lowest BCUT2D eigenvalue weighted by Gasteiger charge is -2.30. The van der Waals surface area contributed by atoms with Crippen molar-refractivity contribution >= 4 is 22.5 Å². The van der Waals surface area contributed by atoms with Crippen LogP contribution in [0.5, 0.6) is 0 Å². The van der Waals surface area contributed by atoms with Crippen molar-refractivity contribution in [2.24, 2.45) is 5.92 Å². The molecule has 100 valence electrons. The van der Waals surface area contributed by atoms with Crippen molar-refractivity contribution in [2.75, 3.05) is 13.1 Å². The van der Waals surface area contributed by atoms with E-state index in [0.29, 0.717) is 5.15 Å². The van der Waals surface area contributed by atoms with Crippen LogP contribution >= 0.6 is 11.6 Å². The van der Waals surface area contributed by atoms with Crippen molar-refractivity contribution in [3.8, 4) is 0 Å². The van der Waals surface area contributed by atoms with Gasteiger partial charge in [0.15, 0.2) is 0 Å². The molecule has 1 atom stereocenters. The first-order valence-electron chi connectivity index (χ1n) is 6.99. The van der Waals surface area contributed by atoms with Crippen molar-refractivity contribution in [1.82, 2.24) is 9.88 Å². The van der Waals surface area contributed by atoms with Gasteiger partial charge in [0.05, 0.1) is 5.52 Å². The van der Waals surface area contributed by atoms with E-state index >= 15 is 0 Å². The van der Waals surface area contributed by atoms with Gasteiger partial charge in [-0.1, -0.05) is 36.7 Å². The standard InChI is InChI=1S/C16H19ClN2/c1-12-5-4-8-19(10-12)11-14-9-13-6-2-3-7-15(13)18-16(14)17/h2-3,6-7,9,12H,4-5,8,10-11H2,1H3. The number of hydrogen-bond donors (Lipinski definition) is 0. The average molecular weight is 275 g/mol. The van der Waals surface area contributed by atoms with Gasteiger partial charge in [0.25, 0.3) is 0 Å². The maximum absolute atomic E-state index is 6.32. The van der Waals surface area contributed by atoms with Crippen molar-refractivity contribution in [2.45, 2.75) is 26.3 Å². The van der Waals surface area contributed by atoms with Crippen LogP contribution in [0.2, 0.25) is 5.15 Å². The number of pyridine rings is 1. The van der Waals surface area contributed by atoms with Crippen LogP contribution in [0.15, 0.2) is 30.3 Å². The molecule has 1 aliphatic rings. The van der Waals surface area contributed by atoms with Crippen LogP contribution in [0, 0.1) is 5.92 Å². The largest absolute Gasteiger partial charge is 0.299 e. The van der Waals surface area contributed by atoms with E-state index in [1.807, 2.05) is 18.2 Å². The van der Waals surface area contributed by atoms with E-state index in [9.17, 15) is 0 Å². The van der Waals surface area contributed by atoms with Gasteiger partial charge in [0.2, 0.25) is 0 Å². The minimum atomic E-state index is 0.650. The second-order valence-electron chi connectivity index (χ2n) is 5.61. The first-order chi connectivity index (χ1) is 9.22. The summed E-state index contributed by atoms with van der Waals surface area (Å²) in [4.78, 5) is 6.99. The summed E-state index contributed by atoms with van der Waals surface area (Å²) < 4.78 is 0. The molecule has 19 heavy (non-hydrogen) atoms. The summed E-state index contributed by atoms with van der Waals surface area (Å²) in [5, 5.41) is 1.82. The van der Waals surface area contributed by atoms with Crippen LogP contribution in [-0.2, 0) is 6.54 Å². The van der Waals surface area contributed by atoms with Gasteiger partial charge >= 0.3 is 0 Å². The van der Waals surface area contributed by atoms with Crippen molar-refractivity contribution < 1.29 is 0 Å². The predicted octanol–water partition coefficient (Wildman–Crippen LogP) is 4.12. The molecule has 3 heteroatoms. The molecule has 0 amide bonds. The number of rotatable bonds is 2. The lowest BCUT2D eigenvalue weighted by Crippen LogP contribution is -2.33. The maximum atomic E-state index is 6.32. The summed E-state index contributed by atoms with van der Waals surface area (Å²) in [5.41, 5.74) is 2.12. The number of hydrogen-bond acceptors (Lipinski definition) is 2. The highest BCUT2D eigenvalue weighted by molar-refractivity contribution is 6.30. The molecule has 0 saturated carbocycles. The molecule has 1 fully saturated rings. The summed E-state index contributed by atoms with van der Waals surface area (Å²) >= 11 is 6.32. The maximum Gasteiger partial charge on any atom is 0.134 e. The quantitative estimate of drug-likeness (QED) is 0.766. The molecular weight excluding hydrogens is 256 g/mol. The Hall–Kier alpha value is -1.12. The van der Waals surface area contributed by atoms with Gasteiger partial charge in [-0.25, -0.2) is 4.98 Å². The smallest absolute Gasteiger partial charge is 0.134 e. The summed E-state index contributed by atoms with van der Waals surface area (Å²) in [5.74, 6) is 0.793. The number of fused-ring (bicyclic) bond motifs is 1. The third-order valence-corrected chi connectivity index (χ3v) is 4.21. The third kappa shape index (κ3) is 2.90. The number of nitrogens with zero attached hydrogens (tertiary/aromatic N) is 2. The minimum Gasteiger partial charge on any atom is -0.299 e. The lowest BCUT2D eigenvalue weighted by atomic mass is 10.00. The fraction of sp³-hybridized carbons (Fsp3) is 0.438. The third-order valence-electron chi connectivity index (χ3n) is 3.89. The van der Waals surface area contributed by atoms with E-state index in [-0.39, 0.29) is 0 Å². The number of likely N-dealkylation sites (tertiary alicyclic amines) is 1. The van der Waals surface area contributed by atoms with Crippen LogP contribution in [-0.4, -0.2) is 23.0 Å². The molecule has 0 radical (unpaired) electrons. The Labute approximate surface area is 119 Å². The predicted molar refractivity (Wildman–Crippen MR) is 80.4 cm³/mol. The van der Waals surface area contributed by atoms with Crippen LogP contribution in [0.1, 0.15) is 25.3 Å². The molecule has 1 aromatic heterocycles. The molecule has 3 rings (SSSR count). The molecule has 0 spiro atoms. The average Bonchev–Trinajstić information content (AvgIpc) is 2.40. The Bertz CT molecular complexity index is 582. The van der Waals surface area contributed by atoms with Crippen molar-refractivity contribution in [1.29, 1.82) is 0 Å². The topological polar surface area (TPSA) is 16.1 Å². The highest BCUT2D eigenvalue weighted by Crippen LogP contribution is 2.24. The zero-order valence-electron chi connectivity index (χ0n) is 11.3. The molecule has 2 nitrogen and oxygen atoms in total. The SMILES string of the molecule is CC1CCCN(Cc2cc3ccccc3nc2Cl)C1. The van der Waals surface area contributed by atoms with E-state index in [1.165, 1.54) is 31.3 Å². The summed E-state index contributed by atoms with van der Waals surface area (Å²) in [6.45, 7) is 5.59. The number of aromatic nitrogens is 1. The molecule has 1 saturated heterocycles. The Balaban J connectivity index is 1.85. The lowest BCUT2D eigenvalue weighted by molar-refractivity contribution is 0.176. The highest BCUT2D eigenvalue weighted by atomic mass is 35.5. The Morgan fingerprint density at radius 3 is 3.05 bits per heavy atom. The van der Waals surface area contributed by atoms with Crippen LogP contribution < -0.4 is 0 Å². The normalized spacial score (nSPS) is 20.8. The van der Waals surface area contributed by atoms with Gasteiger partial charge in [-0.2, -0.15) is 0 Å². The van der Waals surface area contributed by atoms with Gasteiger partial charge in [-0.15, -0.1) is 0 Å². The fourth-order valence-corrected chi connectivity index (χ4v) is 3.12.